The summed E-state index contributed by atoms with van der Waals surface area (Å²) in [6, 6.07) is 5.99. The van der Waals surface area contributed by atoms with Crippen molar-refractivity contribution in [2.24, 2.45) is 5.92 Å². The highest BCUT2D eigenvalue weighted by Gasteiger charge is 2.21. The Morgan fingerprint density at radius 2 is 2.20 bits per heavy atom. The van der Waals surface area contributed by atoms with E-state index in [-0.39, 0.29) is 18.3 Å². The van der Waals surface area contributed by atoms with Gasteiger partial charge in [-0.1, -0.05) is 26.0 Å². The lowest BCUT2D eigenvalue weighted by Gasteiger charge is -2.25. The maximum Gasteiger partial charge on any atom is 0.244 e. The van der Waals surface area contributed by atoms with Gasteiger partial charge in [0.05, 0.1) is 5.60 Å². The zero-order chi connectivity index (χ0) is 15.2. The standard InChI is InChI=1S/C16H22FNO2/c1-12(2)10-16(3,20)11-18-15(19)8-7-13-5-4-6-14(17)9-13/h4-9,12,20H,10-11H2,1-3H3,(H,18,19). The molecule has 4 heteroatoms. The third-order valence-corrected chi connectivity index (χ3v) is 2.77. The minimum atomic E-state index is -0.920. The van der Waals surface area contributed by atoms with Crippen LogP contribution in [-0.4, -0.2) is 23.2 Å². The van der Waals surface area contributed by atoms with Crippen LogP contribution in [0.15, 0.2) is 30.3 Å². The van der Waals surface area contributed by atoms with Crippen molar-refractivity contribution < 1.29 is 14.3 Å². The van der Waals surface area contributed by atoms with E-state index in [1.54, 1.807) is 19.1 Å². The average molecular weight is 279 g/mol. The Kier molecular flexibility index (Phi) is 5.89. The normalized spacial score (nSPS) is 14.5. The minimum Gasteiger partial charge on any atom is -0.388 e. The number of hydrogen-bond donors (Lipinski definition) is 2. The molecule has 1 atom stereocenters. The molecule has 0 bridgehead atoms. The number of carbonyl (C=O) groups excluding carboxylic acids is 1. The number of benzene rings is 1. The molecule has 1 amide bonds. The van der Waals surface area contributed by atoms with Crippen LogP contribution in [0.5, 0.6) is 0 Å². The quantitative estimate of drug-likeness (QED) is 0.787. The van der Waals surface area contributed by atoms with E-state index in [1.165, 1.54) is 24.3 Å². The van der Waals surface area contributed by atoms with Crippen molar-refractivity contribution in [1.29, 1.82) is 0 Å². The molecule has 0 heterocycles. The number of hydrogen-bond acceptors (Lipinski definition) is 2. The highest BCUT2D eigenvalue weighted by molar-refractivity contribution is 5.91. The Bertz CT molecular complexity index is 481. The number of aliphatic hydroxyl groups is 1. The molecule has 3 nitrogen and oxygen atoms in total. The third kappa shape index (κ3) is 6.48. The van der Waals surface area contributed by atoms with Gasteiger partial charge in [0.15, 0.2) is 0 Å². The molecule has 0 aliphatic carbocycles. The van der Waals surface area contributed by atoms with E-state index in [0.29, 0.717) is 17.9 Å². The molecule has 0 saturated heterocycles. The van der Waals surface area contributed by atoms with Crippen molar-refractivity contribution in [2.45, 2.75) is 32.8 Å². The number of amides is 1. The molecule has 1 aromatic carbocycles. The Morgan fingerprint density at radius 3 is 2.80 bits per heavy atom. The molecule has 1 rings (SSSR count). The first-order valence-electron chi connectivity index (χ1n) is 6.72. The summed E-state index contributed by atoms with van der Waals surface area (Å²) in [7, 11) is 0. The van der Waals surface area contributed by atoms with Gasteiger partial charge in [0.25, 0.3) is 0 Å². The largest absolute Gasteiger partial charge is 0.388 e. The van der Waals surface area contributed by atoms with Crippen LogP contribution < -0.4 is 5.32 Å². The van der Waals surface area contributed by atoms with E-state index in [0.717, 1.165) is 0 Å². The van der Waals surface area contributed by atoms with Crippen LogP contribution in [-0.2, 0) is 4.79 Å². The highest BCUT2D eigenvalue weighted by Crippen LogP contribution is 2.15. The van der Waals surface area contributed by atoms with E-state index in [9.17, 15) is 14.3 Å². The SMILES string of the molecule is CC(C)CC(C)(O)CNC(=O)C=Cc1cccc(F)c1. The fourth-order valence-electron chi connectivity index (χ4n) is 2.07. The summed E-state index contributed by atoms with van der Waals surface area (Å²) in [4.78, 5) is 11.6. The Morgan fingerprint density at radius 1 is 1.50 bits per heavy atom. The zero-order valence-electron chi connectivity index (χ0n) is 12.2. The summed E-state index contributed by atoms with van der Waals surface area (Å²) in [5.41, 5.74) is -0.301. The predicted molar refractivity (Wildman–Crippen MR) is 78.5 cm³/mol. The summed E-state index contributed by atoms with van der Waals surface area (Å²) in [6.07, 6.45) is 3.48. The Balaban J connectivity index is 2.48. The van der Waals surface area contributed by atoms with Crippen LogP contribution in [0.2, 0.25) is 0 Å². The van der Waals surface area contributed by atoms with Gasteiger partial charge >= 0.3 is 0 Å². The van der Waals surface area contributed by atoms with Gasteiger partial charge in [-0.05, 0) is 43.0 Å². The van der Waals surface area contributed by atoms with Crippen LogP contribution in [0.25, 0.3) is 6.08 Å². The van der Waals surface area contributed by atoms with Crippen molar-refractivity contribution >= 4 is 12.0 Å². The van der Waals surface area contributed by atoms with E-state index in [1.807, 2.05) is 13.8 Å². The minimum absolute atomic E-state index is 0.192. The Labute approximate surface area is 119 Å². The summed E-state index contributed by atoms with van der Waals surface area (Å²) in [5, 5.41) is 12.7. The Hall–Kier alpha value is -1.68. The topological polar surface area (TPSA) is 49.3 Å². The van der Waals surface area contributed by atoms with Gasteiger partial charge < -0.3 is 10.4 Å². The van der Waals surface area contributed by atoms with E-state index in [4.69, 9.17) is 0 Å². The first-order chi connectivity index (χ1) is 9.28. The first-order valence-corrected chi connectivity index (χ1v) is 6.72. The van der Waals surface area contributed by atoms with Crippen LogP contribution in [0.3, 0.4) is 0 Å². The molecular weight excluding hydrogens is 257 g/mol. The van der Waals surface area contributed by atoms with Gasteiger partial charge in [0.2, 0.25) is 5.91 Å². The zero-order valence-corrected chi connectivity index (χ0v) is 12.2. The molecular formula is C16H22FNO2. The van der Waals surface area contributed by atoms with E-state index >= 15 is 0 Å². The lowest BCUT2D eigenvalue weighted by Crippen LogP contribution is -2.40. The molecule has 1 aromatic rings. The van der Waals surface area contributed by atoms with Crippen molar-refractivity contribution in [3.8, 4) is 0 Å². The second kappa shape index (κ2) is 7.20. The lowest BCUT2D eigenvalue weighted by atomic mass is 9.94. The van der Waals surface area contributed by atoms with Gasteiger partial charge in [0.1, 0.15) is 5.82 Å². The monoisotopic (exact) mass is 279 g/mol. The number of nitrogens with one attached hydrogen (secondary N) is 1. The maximum atomic E-state index is 12.9. The van der Waals surface area contributed by atoms with E-state index in [2.05, 4.69) is 5.32 Å². The van der Waals surface area contributed by atoms with Gasteiger partial charge in [-0.15, -0.1) is 0 Å². The van der Waals surface area contributed by atoms with Gasteiger partial charge in [-0.3, -0.25) is 4.79 Å². The molecule has 20 heavy (non-hydrogen) atoms. The lowest BCUT2D eigenvalue weighted by molar-refractivity contribution is -0.117. The predicted octanol–water partition coefficient (Wildman–Crippen LogP) is 2.75. The van der Waals surface area contributed by atoms with Crippen LogP contribution in [0.1, 0.15) is 32.8 Å². The van der Waals surface area contributed by atoms with Crippen LogP contribution in [0.4, 0.5) is 4.39 Å². The van der Waals surface area contributed by atoms with E-state index < -0.39 is 5.60 Å². The third-order valence-electron chi connectivity index (χ3n) is 2.77. The fourth-order valence-corrected chi connectivity index (χ4v) is 2.07. The number of rotatable bonds is 6. The molecule has 0 aromatic heterocycles. The molecule has 0 radical (unpaired) electrons. The summed E-state index contributed by atoms with van der Waals surface area (Å²) in [5.74, 6) is -0.296. The van der Waals surface area contributed by atoms with Crippen molar-refractivity contribution in [3.05, 3.63) is 41.7 Å². The average Bonchev–Trinajstić information content (AvgIpc) is 2.32. The molecule has 0 aliphatic rings. The summed E-state index contributed by atoms with van der Waals surface area (Å²) >= 11 is 0. The molecule has 0 spiro atoms. The summed E-state index contributed by atoms with van der Waals surface area (Å²) in [6.45, 7) is 5.92. The van der Waals surface area contributed by atoms with Gasteiger partial charge in [0, 0.05) is 12.6 Å². The van der Waals surface area contributed by atoms with Crippen molar-refractivity contribution in [3.63, 3.8) is 0 Å². The first kappa shape index (κ1) is 16.4. The maximum absolute atomic E-state index is 12.9. The number of carbonyl (C=O) groups is 1. The molecule has 1 unspecified atom stereocenters. The molecule has 110 valence electrons. The molecule has 0 saturated carbocycles. The smallest absolute Gasteiger partial charge is 0.244 e. The number of halogens is 1. The molecule has 0 aliphatic heterocycles. The van der Waals surface area contributed by atoms with Crippen molar-refractivity contribution in [2.75, 3.05) is 6.54 Å². The van der Waals surface area contributed by atoms with Gasteiger partial charge in [-0.25, -0.2) is 4.39 Å². The molecule has 2 N–H and O–H groups in total. The van der Waals surface area contributed by atoms with Crippen molar-refractivity contribution in [1.82, 2.24) is 5.32 Å². The fraction of sp³-hybridized carbons (Fsp3) is 0.438. The molecule has 0 fully saturated rings. The van der Waals surface area contributed by atoms with Gasteiger partial charge in [-0.2, -0.15) is 0 Å². The van der Waals surface area contributed by atoms with Crippen LogP contribution in [0, 0.1) is 11.7 Å². The second-order valence-corrected chi connectivity index (χ2v) is 5.70. The second-order valence-electron chi connectivity index (χ2n) is 5.70. The highest BCUT2D eigenvalue weighted by atomic mass is 19.1. The van der Waals surface area contributed by atoms with Crippen LogP contribution >= 0.6 is 0 Å². The summed E-state index contributed by atoms with van der Waals surface area (Å²) < 4.78 is 12.9.